The van der Waals surface area contributed by atoms with Crippen molar-refractivity contribution in [2.45, 2.75) is 38.6 Å². The van der Waals surface area contributed by atoms with Crippen molar-refractivity contribution in [2.24, 2.45) is 0 Å². The Hall–Kier alpha value is -1.42. The van der Waals surface area contributed by atoms with E-state index in [1.165, 1.54) is 22.7 Å². The summed E-state index contributed by atoms with van der Waals surface area (Å²) < 4.78 is 4.52. The number of nitrogens with one attached hydrogen (secondary N) is 1. The number of hydrogen-bond acceptors (Lipinski definition) is 4. The Morgan fingerprint density at radius 3 is 3.00 bits per heavy atom. The lowest BCUT2D eigenvalue weighted by Crippen LogP contribution is -2.09. The minimum Gasteiger partial charge on any atom is -0.358 e. The summed E-state index contributed by atoms with van der Waals surface area (Å²) in [5, 5.41) is 4.25. The predicted octanol–water partition coefficient (Wildman–Crippen LogP) is 3.44. The normalized spacial score (nSPS) is 18.1. The Morgan fingerprint density at radius 1 is 1.33 bits per heavy atom. The van der Waals surface area contributed by atoms with Crippen molar-refractivity contribution in [3.63, 3.8) is 0 Å². The lowest BCUT2D eigenvalue weighted by Gasteiger charge is -2.07. The van der Waals surface area contributed by atoms with Crippen LogP contribution in [0.1, 0.15) is 43.1 Å². The largest absolute Gasteiger partial charge is 0.358 e. The first kappa shape index (κ1) is 11.7. The number of aromatic nitrogens is 2. The third kappa shape index (κ3) is 2.12. The molecule has 0 saturated heterocycles. The van der Waals surface area contributed by atoms with E-state index in [-0.39, 0.29) is 0 Å². The van der Waals surface area contributed by atoms with Crippen molar-refractivity contribution >= 4 is 16.7 Å². The minimum absolute atomic E-state index is 0.389. The number of nitrogens with zero attached hydrogens (tertiary/aromatic N) is 2. The fourth-order valence-electron chi connectivity index (χ4n) is 2.51. The molecule has 1 aliphatic carbocycles. The van der Waals surface area contributed by atoms with E-state index in [9.17, 15) is 0 Å². The highest BCUT2D eigenvalue weighted by Crippen LogP contribution is 2.37. The number of anilines is 1. The molecule has 1 aromatic heterocycles. The van der Waals surface area contributed by atoms with E-state index in [4.69, 9.17) is 0 Å². The molecule has 1 unspecified atom stereocenters. The summed E-state index contributed by atoms with van der Waals surface area (Å²) in [5.41, 5.74) is 2.86. The Balaban J connectivity index is 1.86. The first-order valence-electron chi connectivity index (χ1n) is 6.42. The second-order valence-corrected chi connectivity index (χ2v) is 5.80. The van der Waals surface area contributed by atoms with E-state index in [0.29, 0.717) is 12.0 Å². The number of hydrogen-bond donors (Lipinski definition) is 1. The van der Waals surface area contributed by atoms with Crippen molar-refractivity contribution in [1.82, 2.24) is 9.36 Å². The summed E-state index contributed by atoms with van der Waals surface area (Å²) in [7, 11) is 0. The standard InChI is InChI=1S/C14H17N3S/c1-9(2)15-14-16-13(17-18-14)12-8-7-10-5-3-4-6-11(10)12/h3-6,9,12H,7-8H2,1-2H3,(H,15,16,17). The molecule has 0 fully saturated rings. The van der Waals surface area contributed by atoms with Crippen LogP contribution in [0.3, 0.4) is 0 Å². The zero-order valence-electron chi connectivity index (χ0n) is 10.7. The number of benzene rings is 1. The lowest BCUT2D eigenvalue weighted by atomic mass is 10.0. The van der Waals surface area contributed by atoms with Crippen LogP contribution >= 0.6 is 11.5 Å². The molecule has 94 valence electrons. The van der Waals surface area contributed by atoms with Crippen LogP contribution in [-0.4, -0.2) is 15.4 Å². The summed E-state index contributed by atoms with van der Waals surface area (Å²) in [4.78, 5) is 4.63. The second-order valence-electron chi connectivity index (χ2n) is 5.05. The number of fused-ring (bicyclic) bond motifs is 1. The van der Waals surface area contributed by atoms with E-state index in [2.05, 4.69) is 52.8 Å². The van der Waals surface area contributed by atoms with Crippen LogP contribution < -0.4 is 5.32 Å². The quantitative estimate of drug-likeness (QED) is 0.917. The maximum Gasteiger partial charge on any atom is 0.202 e. The van der Waals surface area contributed by atoms with Crippen molar-refractivity contribution in [2.75, 3.05) is 5.32 Å². The molecule has 0 spiro atoms. The van der Waals surface area contributed by atoms with Gasteiger partial charge in [0.25, 0.3) is 0 Å². The highest BCUT2D eigenvalue weighted by atomic mass is 32.1. The summed E-state index contributed by atoms with van der Waals surface area (Å²) in [6.45, 7) is 4.23. The summed E-state index contributed by atoms with van der Waals surface area (Å²) in [5.74, 6) is 1.37. The molecular formula is C14H17N3S. The zero-order valence-corrected chi connectivity index (χ0v) is 11.5. The molecule has 1 heterocycles. The molecule has 0 aliphatic heterocycles. The maximum atomic E-state index is 4.63. The SMILES string of the molecule is CC(C)Nc1nc(C2CCc3ccccc32)ns1. The van der Waals surface area contributed by atoms with Crippen molar-refractivity contribution in [3.05, 3.63) is 41.2 Å². The van der Waals surface area contributed by atoms with Gasteiger partial charge in [0.05, 0.1) is 0 Å². The van der Waals surface area contributed by atoms with Gasteiger partial charge in [-0.15, -0.1) is 0 Å². The molecular weight excluding hydrogens is 242 g/mol. The fourth-order valence-corrected chi connectivity index (χ4v) is 3.28. The van der Waals surface area contributed by atoms with E-state index < -0.39 is 0 Å². The van der Waals surface area contributed by atoms with Crippen LogP contribution in [0.5, 0.6) is 0 Å². The highest BCUT2D eigenvalue weighted by Gasteiger charge is 2.26. The monoisotopic (exact) mass is 259 g/mol. The lowest BCUT2D eigenvalue weighted by molar-refractivity contribution is 0.744. The molecule has 0 bridgehead atoms. The molecule has 18 heavy (non-hydrogen) atoms. The Labute approximate surface area is 111 Å². The van der Waals surface area contributed by atoms with Gasteiger partial charge < -0.3 is 5.32 Å². The second kappa shape index (κ2) is 4.69. The minimum atomic E-state index is 0.389. The highest BCUT2D eigenvalue weighted by molar-refractivity contribution is 7.09. The molecule has 1 N–H and O–H groups in total. The molecule has 1 aromatic carbocycles. The smallest absolute Gasteiger partial charge is 0.202 e. The topological polar surface area (TPSA) is 37.8 Å². The van der Waals surface area contributed by atoms with Crippen LogP contribution in [0, 0.1) is 0 Å². The van der Waals surface area contributed by atoms with Gasteiger partial charge in [0.2, 0.25) is 5.13 Å². The van der Waals surface area contributed by atoms with Gasteiger partial charge in [0.1, 0.15) is 0 Å². The summed E-state index contributed by atoms with van der Waals surface area (Å²) in [6.07, 6.45) is 2.28. The Kier molecular flexibility index (Phi) is 3.04. The van der Waals surface area contributed by atoms with Gasteiger partial charge in [0.15, 0.2) is 5.82 Å². The van der Waals surface area contributed by atoms with Crippen molar-refractivity contribution in [1.29, 1.82) is 0 Å². The van der Waals surface area contributed by atoms with Crippen molar-refractivity contribution in [3.8, 4) is 0 Å². The van der Waals surface area contributed by atoms with Crippen molar-refractivity contribution < 1.29 is 0 Å². The average Bonchev–Trinajstić information content (AvgIpc) is 2.94. The summed E-state index contributed by atoms with van der Waals surface area (Å²) >= 11 is 1.47. The molecule has 0 radical (unpaired) electrons. The maximum absolute atomic E-state index is 4.63. The third-order valence-corrected chi connectivity index (χ3v) is 3.96. The molecule has 3 nitrogen and oxygen atoms in total. The van der Waals surface area contributed by atoms with Crippen LogP contribution in [0.4, 0.5) is 5.13 Å². The van der Waals surface area contributed by atoms with Gasteiger partial charge in [-0.3, -0.25) is 0 Å². The van der Waals surface area contributed by atoms with E-state index in [1.54, 1.807) is 0 Å². The third-order valence-electron chi connectivity index (χ3n) is 3.30. The van der Waals surface area contributed by atoms with Gasteiger partial charge in [0, 0.05) is 23.5 Å². The van der Waals surface area contributed by atoms with Crippen LogP contribution in [-0.2, 0) is 6.42 Å². The first-order valence-corrected chi connectivity index (χ1v) is 7.19. The van der Waals surface area contributed by atoms with E-state index in [1.807, 2.05) is 0 Å². The van der Waals surface area contributed by atoms with Gasteiger partial charge in [-0.2, -0.15) is 4.37 Å². The molecule has 1 atom stereocenters. The predicted molar refractivity (Wildman–Crippen MR) is 75.3 cm³/mol. The summed E-state index contributed by atoms with van der Waals surface area (Å²) in [6, 6.07) is 9.05. The van der Waals surface area contributed by atoms with Gasteiger partial charge >= 0.3 is 0 Å². The van der Waals surface area contributed by atoms with Crippen LogP contribution in [0.15, 0.2) is 24.3 Å². The van der Waals surface area contributed by atoms with E-state index >= 15 is 0 Å². The number of rotatable bonds is 3. The van der Waals surface area contributed by atoms with Gasteiger partial charge in [-0.05, 0) is 37.8 Å². The van der Waals surface area contributed by atoms with E-state index in [0.717, 1.165) is 23.8 Å². The molecule has 0 saturated carbocycles. The fraction of sp³-hybridized carbons (Fsp3) is 0.429. The zero-order chi connectivity index (χ0) is 12.5. The Morgan fingerprint density at radius 2 is 2.17 bits per heavy atom. The van der Waals surface area contributed by atoms with Crippen LogP contribution in [0.2, 0.25) is 0 Å². The molecule has 0 amide bonds. The van der Waals surface area contributed by atoms with Gasteiger partial charge in [-0.25, -0.2) is 4.98 Å². The average molecular weight is 259 g/mol. The first-order chi connectivity index (χ1) is 8.74. The Bertz CT molecular complexity index is 547. The molecule has 4 heteroatoms. The molecule has 1 aliphatic rings. The van der Waals surface area contributed by atoms with Crippen LogP contribution in [0.25, 0.3) is 0 Å². The number of aryl methyl sites for hydroxylation is 1. The molecule has 2 aromatic rings. The molecule has 3 rings (SSSR count). The van der Waals surface area contributed by atoms with Gasteiger partial charge in [-0.1, -0.05) is 24.3 Å².